The van der Waals surface area contributed by atoms with Crippen LogP contribution in [0.25, 0.3) is 0 Å². The van der Waals surface area contributed by atoms with E-state index in [2.05, 4.69) is 12.2 Å². The van der Waals surface area contributed by atoms with Gasteiger partial charge in [0, 0.05) is 25.3 Å². The third kappa shape index (κ3) is 6.68. The van der Waals surface area contributed by atoms with E-state index in [0.29, 0.717) is 25.3 Å². The molecule has 20 heavy (non-hydrogen) atoms. The molecule has 112 valence electrons. The van der Waals surface area contributed by atoms with Gasteiger partial charge in [-0.25, -0.2) is 0 Å². The van der Waals surface area contributed by atoms with E-state index in [1.807, 2.05) is 24.3 Å². The first-order chi connectivity index (χ1) is 9.77. The molecule has 0 atom stereocenters. The van der Waals surface area contributed by atoms with Crippen molar-refractivity contribution in [3.63, 3.8) is 0 Å². The number of unbranched alkanes of at least 4 members (excludes halogenated alkanes) is 1. The second-order valence-corrected chi connectivity index (χ2v) is 4.81. The fourth-order valence-corrected chi connectivity index (χ4v) is 1.82. The Morgan fingerprint density at radius 1 is 1.20 bits per heavy atom. The van der Waals surface area contributed by atoms with Crippen LogP contribution in [0.2, 0.25) is 0 Å². The highest BCUT2D eigenvalue weighted by atomic mass is 16.5. The Balaban J connectivity index is 2.18. The lowest BCUT2D eigenvalue weighted by atomic mass is 10.1. The fourth-order valence-electron chi connectivity index (χ4n) is 1.82. The summed E-state index contributed by atoms with van der Waals surface area (Å²) >= 11 is 0. The van der Waals surface area contributed by atoms with Crippen molar-refractivity contribution >= 4 is 5.91 Å². The zero-order valence-corrected chi connectivity index (χ0v) is 12.4. The van der Waals surface area contributed by atoms with Gasteiger partial charge >= 0.3 is 0 Å². The molecule has 0 heterocycles. The molecule has 0 spiro atoms. The average Bonchev–Trinajstić information content (AvgIpc) is 2.47. The van der Waals surface area contributed by atoms with E-state index in [-0.39, 0.29) is 5.91 Å². The van der Waals surface area contributed by atoms with E-state index in [9.17, 15) is 4.79 Å². The van der Waals surface area contributed by atoms with Gasteiger partial charge in [-0.1, -0.05) is 25.5 Å². The number of rotatable bonds is 10. The van der Waals surface area contributed by atoms with Gasteiger partial charge in [-0.15, -0.1) is 0 Å². The minimum Gasteiger partial charge on any atom is -0.381 e. The standard InChI is InChI=1S/C16H26N2O2/c1-2-3-12-20-13-4-11-18-16(19)15-7-5-14(6-8-15)9-10-17/h5-8H,2-4,9-13,17H2,1H3,(H,18,19). The number of hydrogen-bond donors (Lipinski definition) is 2. The Labute approximate surface area is 121 Å². The SMILES string of the molecule is CCCCOCCCNC(=O)c1ccc(CCN)cc1. The smallest absolute Gasteiger partial charge is 0.251 e. The first kappa shape index (κ1) is 16.7. The van der Waals surface area contributed by atoms with E-state index in [4.69, 9.17) is 10.5 Å². The first-order valence-electron chi connectivity index (χ1n) is 7.43. The topological polar surface area (TPSA) is 64.3 Å². The minimum atomic E-state index is -0.0298. The molecular weight excluding hydrogens is 252 g/mol. The zero-order chi connectivity index (χ0) is 14.6. The van der Waals surface area contributed by atoms with Crippen molar-refractivity contribution in [1.29, 1.82) is 0 Å². The van der Waals surface area contributed by atoms with Crippen LogP contribution in [0.3, 0.4) is 0 Å². The van der Waals surface area contributed by atoms with E-state index >= 15 is 0 Å². The average molecular weight is 278 g/mol. The highest BCUT2D eigenvalue weighted by molar-refractivity contribution is 5.94. The molecule has 0 unspecified atom stereocenters. The van der Waals surface area contributed by atoms with Gasteiger partial charge in [-0.3, -0.25) is 4.79 Å². The summed E-state index contributed by atoms with van der Waals surface area (Å²) in [5.74, 6) is -0.0298. The second kappa shape index (κ2) is 10.4. The molecule has 1 aromatic carbocycles. The van der Waals surface area contributed by atoms with Gasteiger partial charge < -0.3 is 15.8 Å². The molecule has 0 aliphatic heterocycles. The van der Waals surface area contributed by atoms with Gasteiger partial charge in [0.05, 0.1) is 0 Å². The number of carbonyl (C=O) groups is 1. The first-order valence-corrected chi connectivity index (χ1v) is 7.43. The van der Waals surface area contributed by atoms with Crippen LogP contribution in [-0.2, 0) is 11.2 Å². The maximum absolute atomic E-state index is 11.9. The molecular formula is C16H26N2O2. The fraction of sp³-hybridized carbons (Fsp3) is 0.562. The van der Waals surface area contributed by atoms with Crippen molar-refractivity contribution in [2.45, 2.75) is 32.6 Å². The Bertz CT molecular complexity index is 377. The summed E-state index contributed by atoms with van der Waals surface area (Å²) in [6, 6.07) is 7.60. The summed E-state index contributed by atoms with van der Waals surface area (Å²) in [7, 11) is 0. The summed E-state index contributed by atoms with van der Waals surface area (Å²) in [4.78, 5) is 11.9. The predicted molar refractivity (Wildman–Crippen MR) is 81.9 cm³/mol. The van der Waals surface area contributed by atoms with Crippen LogP contribution in [0, 0.1) is 0 Å². The van der Waals surface area contributed by atoms with E-state index in [1.54, 1.807) is 0 Å². The quantitative estimate of drug-likeness (QED) is 0.644. The van der Waals surface area contributed by atoms with Crippen molar-refractivity contribution in [3.05, 3.63) is 35.4 Å². The minimum absolute atomic E-state index is 0.0298. The van der Waals surface area contributed by atoms with Gasteiger partial charge in [0.2, 0.25) is 0 Å². The summed E-state index contributed by atoms with van der Waals surface area (Å²) in [6.45, 7) is 4.93. The molecule has 0 fully saturated rings. The van der Waals surface area contributed by atoms with Gasteiger partial charge in [0.25, 0.3) is 5.91 Å². The summed E-state index contributed by atoms with van der Waals surface area (Å²) < 4.78 is 5.44. The largest absolute Gasteiger partial charge is 0.381 e. The molecule has 0 radical (unpaired) electrons. The van der Waals surface area contributed by atoms with Crippen LogP contribution < -0.4 is 11.1 Å². The van der Waals surface area contributed by atoms with Crippen LogP contribution in [0.1, 0.15) is 42.1 Å². The predicted octanol–water partition coefficient (Wildman–Crippen LogP) is 2.12. The molecule has 0 aliphatic carbocycles. The molecule has 3 N–H and O–H groups in total. The van der Waals surface area contributed by atoms with E-state index in [0.717, 1.165) is 37.9 Å². The summed E-state index contributed by atoms with van der Waals surface area (Å²) in [6.07, 6.45) is 3.94. The molecule has 0 saturated heterocycles. The number of nitrogens with two attached hydrogens (primary N) is 1. The maximum atomic E-state index is 11.9. The zero-order valence-electron chi connectivity index (χ0n) is 12.4. The van der Waals surface area contributed by atoms with Crippen molar-refractivity contribution in [3.8, 4) is 0 Å². The van der Waals surface area contributed by atoms with Crippen LogP contribution in [-0.4, -0.2) is 32.2 Å². The Morgan fingerprint density at radius 2 is 1.90 bits per heavy atom. The monoisotopic (exact) mass is 278 g/mol. The highest BCUT2D eigenvalue weighted by Gasteiger charge is 2.04. The normalized spacial score (nSPS) is 10.5. The number of nitrogens with one attached hydrogen (secondary N) is 1. The van der Waals surface area contributed by atoms with Crippen LogP contribution in [0.4, 0.5) is 0 Å². The molecule has 4 nitrogen and oxygen atoms in total. The van der Waals surface area contributed by atoms with Gasteiger partial charge in [-0.2, -0.15) is 0 Å². The highest BCUT2D eigenvalue weighted by Crippen LogP contribution is 2.04. The lowest BCUT2D eigenvalue weighted by Crippen LogP contribution is -2.25. The van der Waals surface area contributed by atoms with E-state index < -0.39 is 0 Å². The maximum Gasteiger partial charge on any atom is 0.251 e. The Hall–Kier alpha value is -1.39. The third-order valence-electron chi connectivity index (χ3n) is 3.04. The molecule has 1 aromatic rings. The number of carbonyl (C=O) groups excluding carboxylic acids is 1. The number of amides is 1. The van der Waals surface area contributed by atoms with Gasteiger partial charge in [0.1, 0.15) is 0 Å². The third-order valence-corrected chi connectivity index (χ3v) is 3.04. The van der Waals surface area contributed by atoms with Crippen LogP contribution in [0.15, 0.2) is 24.3 Å². The lowest BCUT2D eigenvalue weighted by Gasteiger charge is -2.07. The Kier molecular flexibility index (Phi) is 8.67. The number of ether oxygens (including phenoxy) is 1. The van der Waals surface area contributed by atoms with Gasteiger partial charge in [-0.05, 0) is 43.5 Å². The van der Waals surface area contributed by atoms with Crippen LogP contribution >= 0.6 is 0 Å². The molecule has 0 aromatic heterocycles. The molecule has 4 heteroatoms. The van der Waals surface area contributed by atoms with Gasteiger partial charge in [0.15, 0.2) is 0 Å². The summed E-state index contributed by atoms with van der Waals surface area (Å²) in [5.41, 5.74) is 7.34. The van der Waals surface area contributed by atoms with Crippen molar-refractivity contribution in [1.82, 2.24) is 5.32 Å². The summed E-state index contributed by atoms with van der Waals surface area (Å²) in [5, 5.41) is 2.90. The van der Waals surface area contributed by atoms with Crippen LogP contribution in [0.5, 0.6) is 0 Å². The Morgan fingerprint density at radius 3 is 2.55 bits per heavy atom. The molecule has 0 saturated carbocycles. The van der Waals surface area contributed by atoms with Crippen molar-refractivity contribution in [2.75, 3.05) is 26.3 Å². The molecule has 1 rings (SSSR count). The number of benzene rings is 1. The van der Waals surface area contributed by atoms with Crippen molar-refractivity contribution in [2.24, 2.45) is 5.73 Å². The lowest BCUT2D eigenvalue weighted by molar-refractivity contribution is 0.0940. The molecule has 0 bridgehead atoms. The van der Waals surface area contributed by atoms with E-state index in [1.165, 1.54) is 0 Å². The second-order valence-electron chi connectivity index (χ2n) is 4.81. The molecule has 1 amide bonds. The number of hydrogen-bond acceptors (Lipinski definition) is 3. The van der Waals surface area contributed by atoms with Crippen molar-refractivity contribution < 1.29 is 9.53 Å². The molecule has 0 aliphatic rings.